The van der Waals surface area contributed by atoms with E-state index in [4.69, 9.17) is 23.2 Å². The molecule has 0 saturated heterocycles. The van der Waals surface area contributed by atoms with Crippen LogP contribution in [0.1, 0.15) is 17.9 Å². The van der Waals surface area contributed by atoms with E-state index in [-0.39, 0.29) is 28.3 Å². The lowest BCUT2D eigenvalue weighted by Crippen LogP contribution is -2.31. The molecule has 0 spiro atoms. The predicted octanol–water partition coefficient (Wildman–Crippen LogP) is 3.91. The maximum absolute atomic E-state index is 13.9. The third kappa shape index (κ3) is 3.48. The maximum Gasteiger partial charge on any atom is 0.320 e. The van der Waals surface area contributed by atoms with Gasteiger partial charge in [-0.15, -0.1) is 0 Å². The number of carbonyl (C=O) groups is 1. The number of rotatable bonds is 3. The van der Waals surface area contributed by atoms with Crippen molar-refractivity contribution in [3.8, 4) is 5.75 Å². The van der Waals surface area contributed by atoms with Crippen LogP contribution >= 0.6 is 23.2 Å². The molecule has 5 nitrogen and oxygen atoms in total. The van der Waals surface area contributed by atoms with E-state index >= 15 is 0 Å². The molecule has 3 rings (SSSR count). The molecule has 1 fully saturated rings. The van der Waals surface area contributed by atoms with Gasteiger partial charge in [-0.2, -0.15) is 0 Å². The topological polar surface area (TPSA) is 74.2 Å². The van der Waals surface area contributed by atoms with Crippen molar-refractivity contribution >= 4 is 35.1 Å². The second kappa shape index (κ2) is 6.22. The van der Waals surface area contributed by atoms with E-state index < -0.39 is 11.8 Å². The van der Waals surface area contributed by atoms with Crippen LogP contribution in [0.15, 0.2) is 30.5 Å². The van der Waals surface area contributed by atoms with Gasteiger partial charge in [-0.05, 0) is 30.7 Å². The van der Waals surface area contributed by atoms with Gasteiger partial charge in [0.1, 0.15) is 17.4 Å². The lowest BCUT2D eigenvalue weighted by molar-refractivity contribution is 0.251. The van der Waals surface area contributed by atoms with Crippen LogP contribution in [0.5, 0.6) is 5.75 Å². The fourth-order valence-electron chi connectivity index (χ4n) is 2.34. The Kier molecular flexibility index (Phi) is 4.28. The van der Waals surface area contributed by atoms with Gasteiger partial charge in [0.25, 0.3) is 0 Å². The Hall–Kier alpha value is -2.05. The number of phenolic OH excluding ortho intramolecular Hbond substituents is 1. The average molecular weight is 356 g/mol. The zero-order valence-corrected chi connectivity index (χ0v) is 13.2. The van der Waals surface area contributed by atoms with Gasteiger partial charge in [-0.1, -0.05) is 23.2 Å². The monoisotopic (exact) mass is 355 g/mol. The summed E-state index contributed by atoms with van der Waals surface area (Å²) < 4.78 is 13.9. The molecular weight excluding hydrogens is 344 g/mol. The van der Waals surface area contributed by atoms with Crippen molar-refractivity contribution in [2.24, 2.45) is 0 Å². The van der Waals surface area contributed by atoms with Gasteiger partial charge < -0.3 is 10.4 Å². The molecule has 1 aliphatic carbocycles. The summed E-state index contributed by atoms with van der Waals surface area (Å²) in [6.45, 7) is 0. The third-order valence-corrected chi connectivity index (χ3v) is 4.17. The first-order valence-corrected chi connectivity index (χ1v) is 7.57. The first-order chi connectivity index (χ1) is 11.0. The van der Waals surface area contributed by atoms with Crippen molar-refractivity contribution in [2.45, 2.75) is 18.4 Å². The van der Waals surface area contributed by atoms with Gasteiger partial charge in [0.2, 0.25) is 0 Å². The Balaban J connectivity index is 1.62. The highest BCUT2D eigenvalue weighted by molar-refractivity contribution is 6.33. The number of aromatic hydroxyl groups is 1. The molecule has 1 aromatic carbocycles. The smallest absolute Gasteiger partial charge is 0.320 e. The fourth-order valence-corrected chi connectivity index (χ4v) is 2.75. The number of carbonyl (C=O) groups excluding carboxylic acids is 1. The van der Waals surface area contributed by atoms with E-state index in [1.165, 1.54) is 12.3 Å². The lowest BCUT2D eigenvalue weighted by Gasteiger charge is -2.09. The van der Waals surface area contributed by atoms with E-state index in [0.717, 1.165) is 6.07 Å². The molecule has 2 unspecified atom stereocenters. The predicted molar refractivity (Wildman–Crippen MR) is 85.6 cm³/mol. The summed E-state index contributed by atoms with van der Waals surface area (Å²) in [7, 11) is 0. The van der Waals surface area contributed by atoms with Crippen LogP contribution in [0.3, 0.4) is 0 Å². The molecule has 1 aromatic heterocycles. The van der Waals surface area contributed by atoms with E-state index in [1.54, 1.807) is 12.1 Å². The van der Waals surface area contributed by atoms with Crippen molar-refractivity contribution in [1.82, 2.24) is 10.3 Å². The summed E-state index contributed by atoms with van der Waals surface area (Å²) in [6.07, 6.45) is 1.96. The molecule has 8 heteroatoms. The first kappa shape index (κ1) is 15.8. The van der Waals surface area contributed by atoms with E-state index in [2.05, 4.69) is 15.6 Å². The van der Waals surface area contributed by atoms with Gasteiger partial charge >= 0.3 is 6.03 Å². The number of halogens is 3. The summed E-state index contributed by atoms with van der Waals surface area (Å²) >= 11 is 11.7. The Morgan fingerprint density at radius 2 is 2.09 bits per heavy atom. The molecule has 0 aliphatic heterocycles. The molecule has 3 N–H and O–H groups in total. The quantitative estimate of drug-likeness (QED) is 0.781. The summed E-state index contributed by atoms with van der Waals surface area (Å²) in [5.41, 5.74) is 0.224. The molecule has 23 heavy (non-hydrogen) atoms. The average Bonchev–Trinajstić information content (AvgIpc) is 3.24. The van der Waals surface area contributed by atoms with Crippen LogP contribution in [-0.2, 0) is 0 Å². The number of hydrogen-bond acceptors (Lipinski definition) is 3. The van der Waals surface area contributed by atoms with Crippen LogP contribution < -0.4 is 10.6 Å². The number of urea groups is 1. The molecule has 1 aliphatic rings. The van der Waals surface area contributed by atoms with Gasteiger partial charge in [-0.3, -0.25) is 5.32 Å². The summed E-state index contributed by atoms with van der Waals surface area (Å²) in [4.78, 5) is 15.8. The van der Waals surface area contributed by atoms with E-state index in [9.17, 15) is 14.3 Å². The van der Waals surface area contributed by atoms with Gasteiger partial charge in [0.05, 0.1) is 10.0 Å². The molecule has 120 valence electrons. The van der Waals surface area contributed by atoms with Crippen LogP contribution in [0.4, 0.5) is 15.0 Å². The van der Waals surface area contributed by atoms with Crippen molar-refractivity contribution in [1.29, 1.82) is 0 Å². The second-order valence-electron chi connectivity index (χ2n) is 5.20. The minimum Gasteiger partial charge on any atom is -0.506 e. The number of nitrogens with one attached hydrogen (secondary N) is 2. The minimum atomic E-state index is -0.498. The number of benzene rings is 1. The number of anilines is 1. The first-order valence-electron chi connectivity index (χ1n) is 6.81. The molecule has 2 amide bonds. The summed E-state index contributed by atoms with van der Waals surface area (Å²) in [5, 5.41) is 15.3. The standard InChI is InChI=1S/C15H12Cl2FN3O2/c16-7-1-4-12(19-6-7)21-15(23)20-10-5-8(10)13-9(18)2-3-11(22)14(13)17/h1-4,6,8,10,22H,5H2,(H2,19,20,21,23). The van der Waals surface area contributed by atoms with Gasteiger partial charge in [-0.25, -0.2) is 14.2 Å². The molecular formula is C15H12Cl2FN3O2. The highest BCUT2D eigenvalue weighted by Gasteiger charge is 2.43. The van der Waals surface area contributed by atoms with Gasteiger partial charge in [0.15, 0.2) is 0 Å². The number of nitrogens with zero attached hydrogens (tertiary/aromatic N) is 1. The van der Waals surface area contributed by atoms with Crippen molar-refractivity contribution in [3.05, 3.63) is 51.9 Å². The van der Waals surface area contributed by atoms with E-state index in [1.807, 2.05) is 0 Å². The summed E-state index contributed by atoms with van der Waals surface area (Å²) in [6, 6.07) is 4.82. The van der Waals surface area contributed by atoms with Crippen molar-refractivity contribution < 1.29 is 14.3 Å². The lowest BCUT2D eigenvalue weighted by atomic mass is 10.1. The number of hydrogen-bond donors (Lipinski definition) is 3. The Morgan fingerprint density at radius 1 is 1.30 bits per heavy atom. The van der Waals surface area contributed by atoms with E-state index in [0.29, 0.717) is 17.3 Å². The van der Waals surface area contributed by atoms with Crippen molar-refractivity contribution in [2.75, 3.05) is 5.32 Å². The highest BCUT2D eigenvalue weighted by Crippen LogP contribution is 2.47. The maximum atomic E-state index is 13.9. The van der Waals surface area contributed by atoms with Crippen molar-refractivity contribution in [3.63, 3.8) is 0 Å². The SMILES string of the molecule is O=C(Nc1ccc(Cl)cn1)NC1CC1c1c(F)ccc(O)c1Cl. The largest absolute Gasteiger partial charge is 0.506 e. The zero-order valence-electron chi connectivity index (χ0n) is 11.7. The number of phenols is 1. The van der Waals surface area contributed by atoms with Gasteiger partial charge in [0, 0.05) is 23.7 Å². The molecule has 2 atom stereocenters. The summed E-state index contributed by atoms with van der Waals surface area (Å²) in [5.74, 6) is -0.588. The zero-order chi connectivity index (χ0) is 16.6. The van der Waals surface area contributed by atoms with Crippen LogP contribution in [0.25, 0.3) is 0 Å². The molecule has 1 saturated carbocycles. The number of aromatic nitrogens is 1. The van der Waals surface area contributed by atoms with Crippen LogP contribution in [0, 0.1) is 5.82 Å². The Labute approximate surface area is 141 Å². The highest BCUT2D eigenvalue weighted by atomic mass is 35.5. The number of pyridine rings is 1. The molecule has 2 aromatic rings. The molecule has 0 bridgehead atoms. The normalized spacial score (nSPS) is 19.3. The Morgan fingerprint density at radius 3 is 2.78 bits per heavy atom. The molecule has 0 radical (unpaired) electrons. The fraction of sp³-hybridized carbons (Fsp3) is 0.200. The second-order valence-corrected chi connectivity index (χ2v) is 6.02. The number of amides is 2. The third-order valence-electron chi connectivity index (χ3n) is 3.55. The Bertz CT molecular complexity index is 755. The molecule has 1 heterocycles. The minimum absolute atomic E-state index is 0.0147. The van der Waals surface area contributed by atoms with Crippen LogP contribution in [-0.4, -0.2) is 22.2 Å². The van der Waals surface area contributed by atoms with Crippen LogP contribution in [0.2, 0.25) is 10.0 Å².